The highest BCUT2D eigenvalue weighted by molar-refractivity contribution is 7.99. The number of rotatable bonds is 8. The van der Waals surface area contributed by atoms with Crippen molar-refractivity contribution in [1.29, 1.82) is 0 Å². The molecule has 11 heteroatoms. The molecule has 2 heterocycles. The molecule has 0 saturated carbocycles. The number of anilines is 1. The summed E-state index contributed by atoms with van der Waals surface area (Å²) >= 11 is 1.06. The van der Waals surface area contributed by atoms with E-state index < -0.39 is 5.97 Å². The van der Waals surface area contributed by atoms with Gasteiger partial charge in [-0.05, 0) is 41.8 Å². The van der Waals surface area contributed by atoms with Crippen LogP contribution < -0.4 is 5.32 Å². The van der Waals surface area contributed by atoms with Gasteiger partial charge < -0.3 is 14.5 Å². The summed E-state index contributed by atoms with van der Waals surface area (Å²) in [7, 11) is 1.30. The number of ether oxygens (including phenoxy) is 1. The fraction of sp³-hybridized carbons (Fsp3) is 0.154. The fourth-order valence-corrected chi connectivity index (χ4v) is 4.60. The average molecular weight is 517 g/mol. The number of thioether (sulfide) groups is 1. The molecule has 0 unspecified atom stereocenters. The largest absolute Gasteiger partial charge is 0.465 e. The highest BCUT2D eigenvalue weighted by Gasteiger charge is 2.32. The third kappa shape index (κ3) is 4.94. The van der Waals surface area contributed by atoms with E-state index in [1.54, 1.807) is 48.5 Å². The highest BCUT2D eigenvalue weighted by Crippen LogP contribution is 2.30. The number of hydrogen-bond acceptors (Lipinski definition) is 9. The Morgan fingerprint density at radius 1 is 0.973 bits per heavy atom. The quantitative estimate of drug-likeness (QED) is 0.212. The first kappa shape index (κ1) is 24.2. The molecule has 1 aliphatic heterocycles. The van der Waals surface area contributed by atoms with Gasteiger partial charge in [0.05, 0.1) is 18.4 Å². The molecule has 0 fully saturated rings. The van der Waals surface area contributed by atoms with Crippen LogP contribution in [0.25, 0.3) is 10.8 Å². The predicted molar refractivity (Wildman–Crippen MR) is 134 cm³/mol. The van der Waals surface area contributed by atoms with Crippen molar-refractivity contribution in [1.82, 2.24) is 15.1 Å². The molecule has 1 aliphatic rings. The lowest BCUT2D eigenvalue weighted by molar-refractivity contribution is -0.113. The molecular formula is C26H20N4O6S. The van der Waals surface area contributed by atoms with Gasteiger partial charge in [-0.1, -0.05) is 36.0 Å². The molecule has 0 spiro atoms. The first-order chi connectivity index (χ1) is 17.9. The van der Waals surface area contributed by atoms with Gasteiger partial charge in [-0.2, -0.15) is 0 Å². The first-order valence-corrected chi connectivity index (χ1v) is 12.2. The third-order valence-corrected chi connectivity index (χ3v) is 6.59. The van der Waals surface area contributed by atoms with Crippen molar-refractivity contribution in [2.75, 3.05) is 24.7 Å². The molecule has 0 saturated heterocycles. The molecule has 1 N–H and O–H groups in total. The van der Waals surface area contributed by atoms with Gasteiger partial charge in [0.25, 0.3) is 17.0 Å². The SMILES string of the molecule is COC(=O)c1ccc(NC(=O)CSc2nnc(CCN3C(=O)c4cccc5cccc(c45)C3=O)o2)cc1. The molecule has 0 radical (unpaired) electrons. The van der Waals surface area contributed by atoms with Crippen molar-refractivity contribution >= 4 is 51.9 Å². The Morgan fingerprint density at radius 3 is 2.30 bits per heavy atom. The van der Waals surface area contributed by atoms with E-state index >= 15 is 0 Å². The van der Waals surface area contributed by atoms with E-state index in [4.69, 9.17) is 4.42 Å². The summed E-state index contributed by atoms with van der Waals surface area (Å²) in [5.41, 5.74) is 1.88. The standard InChI is InChI=1S/C26H20N4O6S/c1-35-25(34)16-8-10-17(11-9-16)27-20(31)14-37-26-29-28-21(36-26)12-13-30-23(32)18-6-2-4-15-5-3-7-19(22(15)18)24(30)33/h2-11H,12-14H2,1H3,(H,27,31). The number of esters is 1. The van der Waals surface area contributed by atoms with Crippen LogP contribution in [0, 0.1) is 0 Å². The number of imide groups is 1. The highest BCUT2D eigenvalue weighted by atomic mass is 32.2. The molecule has 4 aromatic rings. The zero-order valence-electron chi connectivity index (χ0n) is 19.6. The van der Waals surface area contributed by atoms with Crippen LogP contribution in [0.5, 0.6) is 0 Å². The maximum Gasteiger partial charge on any atom is 0.337 e. The van der Waals surface area contributed by atoms with E-state index in [-0.39, 0.29) is 47.6 Å². The fourth-order valence-electron chi connectivity index (χ4n) is 4.02. The Morgan fingerprint density at radius 2 is 1.65 bits per heavy atom. The van der Waals surface area contributed by atoms with E-state index in [1.165, 1.54) is 12.0 Å². The number of carbonyl (C=O) groups excluding carboxylic acids is 4. The summed E-state index contributed by atoms with van der Waals surface area (Å²) < 4.78 is 10.2. The number of methoxy groups -OCH3 is 1. The summed E-state index contributed by atoms with van der Waals surface area (Å²) in [5, 5.41) is 12.3. The topological polar surface area (TPSA) is 132 Å². The Hall–Kier alpha value is -4.51. The van der Waals surface area contributed by atoms with Crippen molar-refractivity contribution in [2.24, 2.45) is 0 Å². The second-order valence-electron chi connectivity index (χ2n) is 8.09. The number of benzene rings is 3. The van der Waals surface area contributed by atoms with Crippen LogP contribution in [0.3, 0.4) is 0 Å². The van der Waals surface area contributed by atoms with Crippen molar-refractivity contribution in [3.8, 4) is 0 Å². The zero-order valence-corrected chi connectivity index (χ0v) is 20.4. The molecule has 1 aromatic heterocycles. The van der Waals surface area contributed by atoms with Crippen molar-refractivity contribution in [3.05, 3.63) is 83.2 Å². The summed E-state index contributed by atoms with van der Waals surface area (Å²) in [6.45, 7) is 0.0801. The van der Waals surface area contributed by atoms with E-state index in [2.05, 4.69) is 20.3 Å². The maximum absolute atomic E-state index is 13.0. The molecule has 0 aliphatic carbocycles. The van der Waals surface area contributed by atoms with Gasteiger partial charge in [0, 0.05) is 35.2 Å². The van der Waals surface area contributed by atoms with Crippen LogP contribution >= 0.6 is 11.8 Å². The van der Waals surface area contributed by atoms with Crippen molar-refractivity contribution in [3.63, 3.8) is 0 Å². The number of hydrogen-bond donors (Lipinski definition) is 1. The van der Waals surface area contributed by atoms with Gasteiger partial charge in [0.2, 0.25) is 11.8 Å². The van der Waals surface area contributed by atoms with Crippen LogP contribution in [-0.4, -0.2) is 58.2 Å². The summed E-state index contributed by atoms with van der Waals surface area (Å²) in [4.78, 5) is 50.9. The number of nitrogens with zero attached hydrogens (tertiary/aromatic N) is 3. The third-order valence-electron chi connectivity index (χ3n) is 5.77. The van der Waals surface area contributed by atoms with Gasteiger partial charge in [0.15, 0.2) is 0 Å². The summed E-state index contributed by atoms with van der Waals surface area (Å²) in [5.74, 6) is -1.22. The minimum absolute atomic E-state index is 0.0181. The van der Waals surface area contributed by atoms with Gasteiger partial charge >= 0.3 is 5.97 Å². The van der Waals surface area contributed by atoms with Gasteiger partial charge in [-0.15, -0.1) is 10.2 Å². The molecule has 37 heavy (non-hydrogen) atoms. The normalized spacial score (nSPS) is 12.6. The maximum atomic E-state index is 13.0. The molecule has 186 valence electrons. The molecule has 5 rings (SSSR count). The van der Waals surface area contributed by atoms with E-state index in [9.17, 15) is 19.2 Å². The first-order valence-electron chi connectivity index (χ1n) is 11.3. The summed E-state index contributed by atoms with van der Waals surface area (Å²) in [6, 6.07) is 17.1. The Balaban J connectivity index is 1.16. The number of aromatic nitrogens is 2. The van der Waals surface area contributed by atoms with Crippen molar-refractivity contribution in [2.45, 2.75) is 11.6 Å². The Bertz CT molecular complexity index is 1480. The van der Waals surface area contributed by atoms with Crippen LogP contribution in [0.4, 0.5) is 5.69 Å². The van der Waals surface area contributed by atoms with Gasteiger partial charge in [-0.25, -0.2) is 4.79 Å². The lowest BCUT2D eigenvalue weighted by Gasteiger charge is -2.26. The van der Waals surface area contributed by atoms with Crippen LogP contribution in [0.1, 0.15) is 37.0 Å². The minimum atomic E-state index is -0.461. The predicted octanol–water partition coefficient (Wildman–Crippen LogP) is 3.58. The summed E-state index contributed by atoms with van der Waals surface area (Å²) in [6.07, 6.45) is 0.182. The molecule has 3 amide bonds. The molecular weight excluding hydrogens is 496 g/mol. The number of amides is 3. The van der Waals surface area contributed by atoms with Gasteiger partial charge in [0.1, 0.15) is 0 Å². The smallest absolute Gasteiger partial charge is 0.337 e. The Labute approximate surface area is 215 Å². The van der Waals surface area contributed by atoms with Crippen LogP contribution in [0.15, 0.2) is 70.3 Å². The van der Waals surface area contributed by atoms with E-state index in [0.717, 1.165) is 17.1 Å². The number of carbonyl (C=O) groups is 4. The minimum Gasteiger partial charge on any atom is -0.465 e. The van der Waals surface area contributed by atoms with E-state index in [1.807, 2.05) is 12.1 Å². The lowest BCUT2D eigenvalue weighted by atomic mass is 9.94. The number of nitrogens with one attached hydrogen (secondary N) is 1. The second-order valence-corrected chi connectivity index (χ2v) is 9.02. The molecule has 0 bridgehead atoms. The molecule has 10 nitrogen and oxygen atoms in total. The van der Waals surface area contributed by atoms with Crippen LogP contribution in [-0.2, 0) is 16.0 Å². The average Bonchev–Trinajstić information content (AvgIpc) is 3.38. The molecule has 0 atom stereocenters. The monoisotopic (exact) mass is 516 g/mol. The van der Waals surface area contributed by atoms with Crippen LogP contribution in [0.2, 0.25) is 0 Å². The molecule has 3 aromatic carbocycles. The Kier molecular flexibility index (Phi) is 6.69. The zero-order chi connectivity index (χ0) is 25.9. The van der Waals surface area contributed by atoms with E-state index in [0.29, 0.717) is 27.8 Å². The van der Waals surface area contributed by atoms with Crippen molar-refractivity contribution < 1.29 is 28.3 Å². The van der Waals surface area contributed by atoms with Gasteiger partial charge in [-0.3, -0.25) is 19.3 Å². The lowest BCUT2D eigenvalue weighted by Crippen LogP contribution is -2.41. The second kappa shape index (κ2) is 10.2.